The molecule has 0 atom stereocenters. The van der Waals surface area contributed by atoms with Gasteiger partial charge in [-0.3, -0.25) is 0 Å². The van der Waals surface area contributed by atoms with Crippen LogP contribution in [0.4, 0.5) is 0 Å². The summed E-state index contributed by atoms with van der Waals surface area (Å²) < 4.78 is 1.38. The zero-order chi connectivity index (χ0) is 10.2. The van der Waals surface area contributed by atoms with Crippen LogP contribution in [0.15, 0.2) is 0 Å². The molecule has 0 aliphatic carbocycles. The van der Waals surface area contributed by atoms with Crippen LogP contribution in [0.5, 0.6) is 0 Å². The van der Waals surface area contributed by atoms with E-state index >= 15 is 0 Å². The highest BCUT2D eigenvalue weighted by atomic mass is 16.0. The fraction of sp³-hybridized carbons (Fsp3) is 1.00. The molecule has 0 saturated heterocycles. The molecule has 0 radical (unpaired) electrons. The molecule has 0 amide bonds. The Kier molecular flexibility index (Phi) is 11.1. The zero-order valence-corrected chi connectivity index (χ0v) is 10.6. The van der Waals surface area contributed by atoms with Crippen LogP contribution < -0.4 is 0 Å². The van der Waals surface area contributed by atoms with Gasteiger partial charge in [-0.15, -0.1) is 0 Å². The molecule has 0 aliphatic heterocycles. The van der Waals surface area contributed by atoms with E-state index < -0.39 is 0 Å². The molecule has 0 saturated carbocycles. The molecule has 0 bridgehead atoms. The van der Waals surface area contributed by atoms with E-state index in [1.165, 1.54) is 56.3 Å². The molecule has 2 nitrogen and oxygen atoms in total. The Balaban J connectivity index is -0.000000720. The molecular formula is C12H31NO+2. The van der Waals surface area contributed by atoms with Crippen LogP contribution in [-0.4, -0.2) is 36.1 Å². The summed E-state index contributed by atoms with van der Waals surface area (Å²) in [5.74, 6) is 0. The van der Waals surface area contributed by atoms with E-state index in [-0.39, 0.29) is 6.90 Å². The number of nitrogens with zero attached hydrogens (tertiary/aromatic N) is 1. The Morgan fingerprint density at radius 3 is 1.00 bits per heavy atom. The van der Waals surface area contributed by atoms with Crippen LogP contribution in [0.1, 0.15) is 54.8 Å². The maximum absolute atomic E-state index is 2.31. The van der Waals surface area contributed by atoms with E-state index in [2.05, 4.69) is 27.7 Å². The van der Waals surface area contributed by atoms with Gasteiger partial charge in [0.1, 0.15) is 0 Å². The van der Waals surface area contributed by atoms with E-state index in [1.807, 2.05) is 0 Å². The Hall–Kier alpha value is -0.0800. The van der Waals surface area contributed by atoms with Gasteiger partial charge in [-0.25, -0.2) is 0 Å². The molecular weight excluding hydrogens is 174 g/mol. The van der Waals surface area contributed by atoms with Gasteiger partial charge in [0.15, 0.2) is 0 Å². The van der Waals surface area contributed by atoms with Crippen molar-refractivity contribution < 1.29 is 11.4 Å². The summed E-state index contributed by atoms with van der Waals surface area (Å²) in [7, 11) is 0. The molecule has 2 heteroatoms. The van der Waals surface area contributed by atoms with Gasteiger partial charge >= 0.3 is 1.43 Å². The van der Waals surface area contributed by atoms with Crippen LogP contribution in [0.2, 0.25) is 0 Å². The smallest absolute Gasteiger partial charge is 0.412 e. The van der Waals surface area contributed by atoms with E-state index in [0.29, 0.717) is 0 Å². The standard InChI is InChI=1S/C12H28N.H2O/c1-5-9-13(10-6-2,11-7-3)12-8-4;/h5-12H2,1-4H3;1H2/q+1;/p+1. The van der Waals surface area contributed by atoms with Gasteiger partial charge < -0.3 is 9.96 Å². The summed E-state index contributed by atoms with van der Waals surface area (Å²) in [6, 6.07) is 0. The average Bonchev–Trinajstić information content (AvgIpc) is 2.06. The zero-order valence-electron chi connectivity index (χ0n) is 11.6. The Bertz CT molecular complexity index is 90.7. The minimum absolute atomic E-state index is 0. The first-order chi connectivity index (χ1) is 6.24. The highest BCUT2D eigenvalue weighted by molar-refractivity contribution is 4.43. The van der Waals surface area contributed by atoms with Crippen molar-refractivity contribution in [3.05, 3.63) is 0 Å². The largest absolute Gasteiger partial charge is 1.00 e. The molecule has 0 aromatic rings. The first-order valence-electron chi connectivity index (χ1n) is 6.09. The van der Waals surface area contributed by atoms with Gasteiger partial charge in [0.05, 0.1) is 26.2 Å². The third kappa shape index (κ3) is 5.61. The van der Waals surface area contributed by atoms with Crippen molar-refractivity contribution in [1.82, 2.24) is 0 Å². The van der Waals surface area contributed by atoms with Gasteiger partial charge in [0.2, 0.25) is 0 Å². The van der Waals surface area contributed by atoms with Crippen LogP contribution >= 0.6 is 0 Å². The first kappa shape index (κ1) is 16.4. The van der Waals surface area contributed by atoms with Crippen LogP contribution in [0, 0.1) is 0 Å². The molecule has 0 spiro atoms. The molecule has 2 N–H and O–H groups in total. The topological polar surface area (TPSA) is 31.5 Å². The van der Waals surface area contributed by atoms with Crippen molar-refractivity contribution >= 4 is 0 Å². The second kappa shape index (κ2) is 9.47. The molecule has 0 aromatic carbocycles. The Morgan fingerprint density at radius 2 is 0.857 bits per heavy atom. The van der Waals surface area contributed by atoms with Crippen molar-refractivity contribution in [2.24, 2.45) is 0 Å². The fourth-order valence-electron chi connectivity index (χ4n) is 2.57. The highest BCUT2D eigenvalue weighted by Gasteiger charge is 2.22. The molecule has 0 aliphatic rings. The molecule has 14 heavy (non-hydrogen) atoms. The predicted octanol–water partition coefficient (Wildman–Crippen LogP) is 2.73. The Labute approximate surface area is 91.7 Å². The number of hydrogen-bond donors (Lipinski definition) is 0. The lowest BCUT2D eigenvalue weighted by molar-refractivity contribution is -0.928. The van der Waals surface area contributed by atoms with Crippen molar-refractivity contribution in [2.75, 3.05) is 26.2 Å². The lowest BCUT2D eigenvalue weighted by Crippen LogP contribution is -2.50. The summed E-state index contributed by atoms with van der Waals surface area (Å²) in [6.45, 7) is 14.8. The molecule has 0 aromatic heterocycles. The van der Waals surface area contributed by atoms with Gasteiger partial charge in [-0.1, -0.05) is 27.7 Å². The molecule has 0 heterocycles. The van der Waals surface area contributed by atoms with Gasteiger partial charge in [0.25, 0.3) is 0 Å². The third-order valence-electron chi connectivity index (χ3n) is 2.79. The van der Waals surface area contributed by atoms with Crippen LogP contribution in [0.3, 0.4) is 0 Å². The Morgan fingerprint density at radius 1 is 0.643 bits per heavy atom. The van der Waals surface area contributed by atoms with Crippen molar-refractivity contribution in [3.63, 3.8) is 0 Å². The summed E-state index contributed by atoms with van der Waals surface area (Å²) >= 11 is 0. The molecule has 0 fully saturated rings. The second-order valence-corrected chi connectivity index (χ2v) is 4.24. The SMILES string of the molecule is CCC[N+](CCC)(CCC)CCC.O.[H+]. The van der Waals surface area contributed by atoms with E-state index in [0.717, 1.165) is 0 Å². The summed E-state index contributed by atoms with van der Waals surface area (Å²) in [5, 5.41) is 0. The first-order valence-corrected chi connectivity index (χ1v) is 6.09. The fourth-order valence-corrected chi connectivity index (χ4v) is 2.57. The third-order valence-corrected chi connectivity index (χ3v) is 2.79. The number of quaternary nitrogens is 1. The van der Waals surface area contributed by atoms with Gasteiger partial charge in [0, 0.05) is 0 Å². The number of hydrogen-bond acceptors (Lipinski definition) is 0. The summed E-state index contributed by atoms with van der Waals surface area (Å²) in [4.78, 5) is 0. The van der Waals surface area contributed by atoms with Gasteiger partial charge in [-0.2, -0.15) is 0 Å². The highest BCUT2D eigenvalue weighted by Crippen LogP contribution is 2.12. The molecule has 88 valence electrons. The van der Waals surface area contributed by atoms with E-state index in [4.69, 9.17) is 0 Å². The molecule has 0 rings (SSSR count). The molecule has 0 unspecified atom stereocenters. The maximum atomic E-state index is 2.31. The maximum Gasteiger partial charge on any atom is 1.00 e. The van der Waals surface area contributed by atoms with Crippen molar-refractivity contribution in [2.45, 2.75) is 53.4 Å². The van der Waals surface area contributed by atoms with Gasteiger partial charge in [-0.05, 0) is 25.7 Å². The average molecular weight is 205 g/mol. The summed E-state index contributed by atoms with van der Waals surface area (Å²) in [6.07, 6.45) is 5.33. The van der Waals surface area contributed by atoms with E-state index in [1.54, 1.807) is 0 Å². The quantitative estimate of drug-likeness (QED) is 0.546. The lowest BCUT2D eigenvalue weighted by Gasteiger charge is -2.38. The minimum atomic E-state index is 0. The van der Waals surface area contributed by atoms with E-state index in [9.17, 15) is 0 Å². The minimum Gasteiger partial charge on any atom is -0.412 e. The number of rotatable bonds is 8. The van der Waals surface area contributed by atoms with Crippen molar-refractivity contribution in [3.8, 4) is 0 Å². The van der Waals surface area contributed by atoms with Crippen LogP contribution in [0.25, 0.3) is 0 Å². The summed E-state index contributed by atoms with van der Waals surface area (Å²) in [5.41, 5.74) is 0. The second-order valence-electron chi connectivity index (χ2n) is 4.24. The van der Waals surface area contributed by atoms with Crippen molar-refractivity contribution in [1.29, 1.82) is 0 Å². The van der Waals surface area contributed by atoms with Crippen LogP contribution in [-0.2, 0) is 0 Å². The normalized spacial score (nSPS) is 11.1. The monoisotopic (exact) mass is 205 g/mol. The lowest BCUT2D eigenvalue weighted by atomic mass is 10.2. The predicted molar refractivity (Wildman–Crippen MR) is 65.6 cm³/mol.